The van der Waals surface area contributed by atoms with Gasteiger partial charge in [0.05, 0.1) is 12.0 Å². The van der Waals surface area contributed by atoms with Crippen molar-refractivity contribution in [1.29, 1.82) is 0 Å². The lowest BCUT2D eigenvalue weighted by Crippen LogP contribution is -2.52. The molecule has 2 heterocycles. The van der Waals surface area contributed by atoms with Crippen molar-refractivity contribution in [2.45, 2.75) is 31.8 Å². The van der Waals surface area contributed by atoms with Gasteiger partial charge in [-0.25, -0.2) is 0 Å². The number of esters is 1. The van der Waals surface area contributed by atoms with Gasteiger partial charge in [-0.15, -0.1) is 0 Å². The number of carbonyl (C=O) groups excluding carboxylic acids is 3. The molecule has 0 aliphatic carbocycles. The van der Waals surface area contributed by atoms with Crippen LogP contribution in [0.3, 0.4) is 0 Å². The van der Waals surface area contributed by atoms with E-state index in [1.807, 2.05) is 18.2 Å². The van der Waals surface area contributed by atoms with Crippen LogP contribution in [0.4, 0.5) is 0 Å². The number of carbonyl (C=O) groups is 3. The summed E-state index contributed by atoms with van der Waals surface area (Å²) >= 11 is 0. The first-order valence-corrected chi connectivity index (χ1v) is 9.35. The molecule has 2 aromatic carbocycles. The zero-order valence-corrected chi connectivity index (χ0v) is 15.6. The molecule has 1 saturated heterocycles. The summed E-state index contributed by atoms with van der Waals surface area (Å²) in [5.74, 6) is 0.674. The van der Waals surface area contributed by atoms with E-state index in [1.165, 1.54) is 6.92 Å². The van der Waals surface area contributed by atoms with Crippen molar-refractivity contribution in [1.82, 2.24) is 4.90 Å². The molecule has 0 aromatic heterocycles. The number of likely N-dealkylation sites (tertiary alicyclic amines) is 1. The Hall–Kier alpha value is -3.15. The van der Waals surface area contributed by atoms with Crippen molar-refractivity contribution in [3.63, 3.8) is 0 Å². The Morgan fingerprint density at radius 2 is 1.71 bits per heavy atom. The van der Waals surface area contributed by atoms with Gasteiger partial charge in [-0.2, -0.15) is 0 Å². The molecular formula is C22H21NO5. The third kappa shape index (κ3) is 3.50. The SMILES string of the molecule is CC(=O)Oc1ccc(C(=O)N2CCC3(CC2)CC(=O)c2ccccc2O3)cc1. The normalized spacial score (nSPS) is 17.6. The zero-order chi connectivity index (χ0) is 19.7. The quantitative estimate of drug-likeness (QED) is 0.592. The van der Waals surface area contributed by atoms with Gasteiger partial charge in [0.2, 0.25) is 0 Å². The van der Waals surface area contributed by atoms with Gasteiger partial charge in [0, 0.05) is 38.4 Å². The summed E-state index contributed by atoms with van der Waals surface area (Å²) in [5, 5.41) is 0. The van der Waals surface area contributed by atoms with Crippen molar-refractivity contribution in [3.05, 3.63) is 59.7 Å². The van der Waals surface area contributed by atoms with Crippen LogP contribution in [-0.2, 0) is 4.79 Å². The van der Waals surface area contributed by atoms with E-state index in [0.717, 1.165) is 0 Å². The van der Waals surface area contributed by atoms with E-state index in [-0.39, 0.29) is 11.7 Å². The fourth-order valence-electron chi connectivity index (χ4n) is 3.85. The van der Waals surface area contributed by atoms with Crippen LogP contribution in [0.5, 0.6) is 11.5 Å². The molecule has 28 heavy (non-hydrogen) atoms. The van der Waals surface area contributed by atoms with Crippen molar-refractivity contribution in [3.8, 4) is 11.5 Å². The number of rotatable bonds is 2. The average Bonchev–Trinajstić information content (AvgIpc) is 2.68. The molecule has 1 fully saturated rings. The summed E-state index contributed by atoms with van der Waals surface area (Å²) in [6.07, 6.45) is 1.58. The third-order valence-corrected chi connectivity index (χ3v) is 5.32. The van der Waals surface area contributed by atoms with E-state index in [0.29, 0.717) is 55.0 Å². The van der Waals surface area contributed by atoms with E-state index in [4.69, 9.17) is 9.47 Å². The van der Waals surface area contributed by atoms with Crippen molar-refractivity contribution in [2.75, 3.05) is 13.1 Å². The molecule has 0 saturated carbocycles. The highest BCUT2D eigenvalue weighted by molar-refractivity contribution is 6.00. The number of amides is 1. The first kappa shape index (κ1) is 18.2. The van der Waals surface area contributed by atoms with E-state index in [2.05, 4.69) is 0 Å². The van der Waals surface area contributed by atoms with Gasteiger partial charge in [0.15, 0.2) is 5.78 Å². The Labute approximate surface area is 163 Å². The van der Waals surface area contributed by atoms with E-state index >= 15 is 0 Å². The van der Waals surface area contributed by atoms with Gasteiger partial charge in [0.1, 0.15) is 17.1 Å². The molecule has 4 rings (SSSR count). The van der Waals surface area contributed by atoms with Gasteiger partial charge in [-0.1, -0.05) is 12.1 Å². The van der Waals surface area contributed by atoms with E-state index in [1.54, 1.807) is 35.2 Å². The lowest BCUT2D eigenvalue weighted by atomic mass is 9.82. The summed E-state index contributed by atoms with van der Waals surface area (Å²) in [6.45, 7) is 2.39. The molecule has 0 unspecified atom stereocenters. The molecule has 2 aliphatic rings. The number of Topliss-reactive ketones (excluding diaryl/α,β-unsaturated/α-hetero) is 1. The molecule has 1 amide bonds. The highest BCUT2D eigenvalue weighted by Crippen LogP contribution is 2.39. The van der Waals surface area contributed by atoms with E-state index < -0.39 is 11.6 Å². The summed E-state index contributed by atoms with van der Waals surface area (Å²) in [4.78, 5) is 38.1. The topological polar surface area (TPSA) is 72.9 Å². The van der Waals surface area contributed by atoms with Crippen LogP contribution in [0, 0.1) is 0 Å². The second-order valence-corrected chi connectivity index (χ2v) is 7.29. The molecule has 2 aromatic rings. The maximum Gasteiger partial charge on any atom is 0.308 e. The molecule has 144 valence electrons. The fraction of sp³-hybridized carbons (Fsp3) is 0.318. The molecular weight excluding hydrogens is 358 g/mol. The van der Waals surface area contributed by atoms with Gasteiger partial charge in [-0.3, -0.25) is 14.4 Å². The number of fused-ring (bicyclic) bond motifs is 1. The zero-order valence-electron chi connectivity index (χ0n) is 15.6. The number of hydrogen-bond acceptors (Lipinski definition) is 5. The summed E-state index contributed by atoms with van der Waals surface area (Å²) in [7, 11) is 0. The van der Waals surface area contributed by atoms with Crippen LogP contribution in [0.15, 0.2) is 48.5 Å². The Morgan fingerprint density at radius 1 is 1.04 bits per heavy atom. The number of ketones is 1. The second-order valence-electron chi connectivity index (χ2n) is 7.29. The molecule has 6 heteroatoms. The van der Waals surface area contributed by atoms with Crippen molar-refractivity contribution in [2.24, 2.45) is 0 Å². The first-order valence-electron chi connectivity index (χ1n) is 9.35. The molecule has 0 radical (unpaired) electrons. The summed E-state index contributed by atoms with van der Waals surface area (Å²) in [6, 6.07) is 13.9. The van der Waals surface area contributed by atoms with Crippen molar-refractivity contribution < 1.29 is 23.9 Å². The molecule has 6 nitrogen and oxygen atoms in total. The number of benzene rings is 2. The molecule has 0 N–H and O–H groups in total. The predicted octanol–water partition coefficient (Wildman–Crippen LogP) is 3.25. The fourth-order valence-corrected chi connectivity index (χ4v) is 3.85. The minimum absolute atomic E-state index is 0.0771. The summed E-state index contributed by atoms with van der Waals surface area (Å²) < 4.78 is 11.2. The van der Waals surface area contributed by atoms with Crippen molar-refractivity contribution >= 4 is 17.7 Å². The predicted molar refractivity (Wildman–Crippen MR) is 102 cm³/mol. The van der Waals surface area contributed by atoms with Crippen LogP contribution >= 0.6 is 0 Å². The summed E-state index contributed by atoms with van der Waals surface area (Å²) in [5.41, 5.74) is 0.652. The van der Waals surface area contributed by atoms with Crippen LogP contribution < -0.4 is 9.47 Å². The molecule has 2 aliphatic heterocycles. The third-order valence-electron chi connectivity index (χ3n) is 5.32. The van der Waals surface area contributed by atoms with Crippen LogP contribution in [-0.4, -0.2) is 41.3 Å². The lowest BCUT2D eigenvalue weighted by Gasteiger charge is -2.44. The highest BCUT2D eigenvalue weighted by atomic mass is 16.5. The largest absolute Gasteiger partial charge is 0.486 e. The Kier molecular flexibility index (Phi) is 4.63. The Balaban J connectivity index is 1.42. The maximum atomic E-state index is 12.8. The van der Waals surface area contributed by atoms with Crippen LogP contribution in [0.2, 0.25) is 0 Å². The highest BCUT2D eigenvalue weighted by Gasteiger charge is 2.43. The van der Waals surface area contributed by atoms with Gasteiger partial charge in [0.25, 0.3) is 5.91 Å². The Bertz CT molecular complexity index is 926. The standard InChI is InChI=1S/C22H21NO5/c1-15(24)27-17-8-6-16(7-9-17)21(26)23-12-10-22(11-13-23)14-19(25)18-4-2-3-5-20(18)28-22/h2-9H,10-14H2,1H3. The number of nitrogens with zero attached hydrogens (tertiary/aromatic N) is 1. The van der Waals surface area contributed by atoms with Crippen LogP contribution in [0.1, 0.15) is 46.9 Å². The van der Waals surface area contributed by atoms with Gasteiger partial charge < -0.3 is 14.4 Å². The Morgan fingerprint density at radius 3 is 2.39 bits per heavy atom. The minimum Gasteiger partial charge on any atom is -0.486 e. The first-order chi connectivity index (χ1) is 13.5. The molecule has 1 spiro atoms. The number of para-hydroxylation sites is 1. The minimum atomic E-state index is -0.526. The smallest absolute Gasteiger partial charge is 0.308 e. The molecule has 0 atom stereocenters. The van der Waals surface area contributed by atoms with Gasteiger partial charge in [-0.05, 0) is 36.4 Å². The average molecular weight is 379 g/mol. The maximum absolute atomic E-state index is 12.8. The van der Waals surface area contributed by atoms with Gasteiger partial charge >= 0.3 is 5.97 Å². The van der Waals surface area contributed by atoms with E-state index in [9.17, 15) is 14.4 Å². The molecule has 0 bridgehead atoms. The monoisotopic (exact) mass is 379 g/mol. The number of ether oxygens (including phenoxy) is 2. The second kappa shape index (κ2) is 7.11. The number of piperidine rings is 1. The number of hydrogen-bond donors (Lipinski definition) is 0. The lowest BCUT2D eigenvalue weighted by molar-refractivity contribution is -0.131. The van der Waals surface area contributed by atoms with Crippen LogP contribution in [0.25, 0.3) is 0 Å².